The molecule has 0 radical (unpaired) electrons. The van der Waals surface area contributed by atoms with Crippen molar-refractivity contribution < 1.29 is 13.2 Å². The second-order valence-electron chi connectivity index (χ2n) is 2.60. The first-order valence-electron chi connectivity index (χ1n) is 3.87. The second-order valence-corrected chi connectivity index (χ2v) is 5.82. The van der Waals surface area contributed by atoms with E-state index in [2.05, 4.69) is 0 Å². The van der Waals surface area contributed by atoms with Crippen LogP contribution < -0.4 is 0 Å². The van der Waals surface area contributed by atoms with Crippen LogP contribution in [0.15, 0.2) is 15.7 Å². The number of thiophene rings is 1. The van der Waals surface area contributed by atoms with E-state index >= 15 is 0 Å². The number of hydrogen-bond acceptors (Lipinski definition) is 4. The Balaban J connectivity index is 3.14. The zero-order valence-corrected chi connectivity index (χ0v) is 8.82. The first-order chi connectivity index (χ1) is 6.11. The average Bonchev–Trinajstić information content (AvgIpc) is 2.51. The molecule has 0 aliphatic rings. The average molecular weight is 218 g/mol. The van der Waals surface area contributed by atoms with Crippen molar-refractivity contribution in [3.05, 3.63) is 17.0 Å². The number of carbonyl (C=O) groups excluding carboxylic acids is 1. The third-order valence-corrected chi connectivity index (χ3v) is 5.06. The number of sulfone groups is 1. The third-order valence-electron chi connectivity index (χ3n) is 1.54. The van der Waals surface area contributed by atoms with Crippen molar-refractivity contribution >= 4 is 27.5 Å². The smallest absolute Gasteiger partial charge is 0.188 e. The van der Waals surface area contributed by atoms with Gasteiger partial charge in [0.15, 0.2) is 16.1 Å². The molecule has 1 aromatic heterocycles. The van der Waals surface area contributed by atoms with Crippen LogP contribution in [0.25, 0.3) is 0 Å². The van der Waals surface area contributed by atoms with Crippen LogP contribution in [0.5, 0.6) is 0 Å². The Hall–Kier alpha value is -0.680. The molecule has 0 amide bonds. The number of hydrogen-bond donors (Lipinski definition) is 0. The Bertz CT molecular complexity index is 389. The van der Waals surface area contributed by atoms with Crippen molar-refractivity contribution in [2.24, 2.45) is 0 Å². The van der Waals surface area contributed by atoms with E-state index in [-0.39, 0.29) is 15.5 Å². The van der Waals surface area contributed by atoms with Crippen LogP contribution in [-0.2, 0) is 9.84 Å². The standard InChI is InChI=1S/C8H10O3S2/c1-2-5-13(10,11)8-7(6-9)3-4-12-8/h3-4,6H,2,5H2,1H3. The highest BCUT2D eigenvalue weighted by Gasteiger charge is 2.18. The van der Waals surface area contributed by atoms with Gasteiger partial charge >= 0.3 is 0 Å². The summed E-state index contributed by atoms with van der Waals surface area (Å²) < 4.78 is 23.2. The van der Waals surface area contributed by atoms with E-state index < -0.39 is 9.84 Å². The lowest BCUT2D eigenvalue weighted by atomic mass is 10.4. The Morgan fingerprint density at radius 3 is 2.77 bits per heavy atom. The van der Waals surface area contributed by atoms with E-state index in [0.717, 1.165) is 11.3 Å². The van der Waals surface area contributed by atoms with Crippen LogP contribution >= 0.6 is 11.3 Å². The van der Waals surface area contributed by atoms with Gasteiger partial charge in [0.05, 0.1) is 5.75 Å². The first kappa shape index (κ1) is 10.4. The Morgan fingerprint density at radius 1 is 1.54 bits per heavy atom. The molecule has 1 heterocycles. The molecule has 72 valence electrons. The van der Waals surface area contributed by atoms with Crippen molar-refractivity contribution in [3.63, 3.8) is 0 Å². The van der Waals surface area contributed by atoms with E-state index in [1.165, 1.54) is 6.07 Å². The second kappa shape index (κ2) is 4.02. The molecular weight excluding hydrogens is 208 g/mol. The predicted molar refractivity (Wildman–Crippen MR) is 52.1 cm³/mol. The fourth-order valence-electron chi connectivity index (χ4n) is 1.01. The van der Waals surface area contributed by atoms with Gasteiger partial charge in [-0.05, 0) is 17.9 Å². The predicted octanol–water partition coefficient (Wildman–Crippen LogP) is 1.74. The van der Waals surface area contributed by atoms with Gasteiger partial charge in [-0.3, -0.25) is 4.79 Å². The van der Waals surface area contributed by atoms with E-state index in [4.69, 9.17) is 0 Å². The maximum Gasteiger partial charge on any atom is 0.188 e. The van der Waals surface area contributed by atoms with Crippen molar-refractivity contribution in [1.82, 2.24) is 0 Å². The number of rotatable bonds is 4. The summed E-state index contributed by atoms with van der Waals surface area (Å²) in [6.45, 7) is 1.80. The molecule has 0 aromatic carbocycles. The fraction of sp³-hybridized carbons (Fsp3) is 0.375. The van der Waals surface area contributed by atoms with Gasteiger partial charge in [0.25, 0.3) is 0 Å². The summed E-state index contributed by atoms with van der Waals surface area (Å²) in [5.74, 6) is 0.106. The van der Waals surface area contributed by atoms with E-state index in [1.54, 1.807) is 12.3 Å². The molecule has 0 fully saturated rings. The molecule has 1 rings (SSSR count). The normalized spacial score (nSPS) is 11.5. The highest BCUT2D eigenvalue weighted by molar-refractivity contribution is 7.93. The summed E-state index contributed by atoms with van der Waals surface area (Å²) in [6, 6.07) is 1.53. The largest absolute Gasteiger partial charge is 0.298 e. The zero-order chi connectivity index (χ0) is 9.90. The molecule has 13 heavy (non-hydrogen) atoms. The zero-order valence-electron chi connectivity index (χ0n) is 7.19. The quantitative estimate of drug-likeness (QED) is 0.723. The Morgan fingerprint density at radius 2 is 2.23 bits per heavy atom. The minimum absolute atomic E-state index is 0.106. The van der Waals surface area contributed by atoms with Gasteiger partial charge in [0, 0.05) is 5.56 Å². The summed E-state index contributed by atoms with van der Waals surface area (Å²) in [4.78, 5) is 10.5. The van der Waals surface area contributed by atoms with Crippen LogP contribution in [0.2, 0.25) is 0 Å². The van der Waals surface area contributed by atoms with Gasteiger partial charge in [-0.25, -0.2) is 8.42 Å². The first-order valence-corrected chi connectivity index (χ1v) is 6.40. The van der Waals surface area contributed by atoms with Gasteiger partial charge in [0.2, 0.25) is 0 Å². The lowest BCUT2D eigenvalue weighted by Crippen LogP contribution is -2.05. The molecule has 0 saturated heterocycles. The van der Waals surface area contributed by atoms with Gasteiger partial charge < -0.3 is 0 Å². The molecule has 0 bridgehead atoms. The maximum absolute atomic E-state index is 11.5. The molecule has 1 aromatic rings. The SMILES string of the molecule is CCCS(=O)(=O)c1sccc1C=O. The van der Waals surface area contributed by atoms with E-state index in [9.17, 15) is 13.2 Å². The third kappa shape index (κ3) is 2.16. The summed E-state index contributed by atoms with van der Waals surface area (Å²) in [6.07, 6.45) is 1.15. The monoisotopic (exact) mass is 218 g/mol. The van der Waals surface area contributed by atoms with Crippen LogP contribution in [0, 0.1) is 0 Å². The van der Waals surface area contributed by atoms with Gasteiger partial charge in [-0.15, -0.1) is 11.3 Å². The Kier molecular flexibility index (Phi) is 3.22. The molecule has 0 aliphatic heterocycles. The molecule has 0 N–H and O–H groups in total. The lowest BCUT2D eigenvalue weighted by molar-refractivity contribution is 0.112. The van der Waals surface area contributed by atoms with Crippen molar-refractivity contribution in [2.45, 2.75) is 17.6 Å². The summed E-state index contributed by atoms with van der Waals surface area (Å²) in [7, 11) is -3.22. The van der Waals surface area contributed by atoms with Crippen LogP contribution in [0.3, 0.4) is 0 Å². The van der Waals surface area contributed by atoms with Crippen molar-refractivity contribution in [2.75, 3.05) is 5.75 Å². The molecule has 3 nitrogen and oxygen atoms in total. The number of aldehydes is 1. The van der Waals surface area contributed by atoms with Crippen molar-refractivity contribution in [3.8, 4) is 0 Å². The van der Waals surface area contributed by atoms with Crippen molar-refractivity contribution in [1.29, 1.82) is 0 Å². The lowest BCUT2D eigenvalue weighted by Gasteiger charge is -1.98. The van der Waals surface area contributed by atoms with E-state index in [1.807, 2.05) is 0 Å². The fourth-order valence-corrected chi connectivity index (χ4v) is 3.80. The summed E-state index contributed by atoms with van der Waals surface area (Å²) >= 11 is 1.10. The minimum atomic E-state index is -3.22. The summed E-state index contributed by atoms with van der Waals surface area (Å²) in [5, 5.41) is 1.62. The van der Waals surface area contributed by atoms with E-state index in [0.29, 0.717) is 12.7 Å². The molecule has 0 unspecified atom stereocenters. The summed E-state index contributed by atoms with van der Waals surface area (Å²) in [5.41, 5.74) is 0.276. The molecule has 5 heteroatoms. The maximum atomic E-state index is 11.5. The van der Waals surface area contributed by atoms with Gasteiger partial charge in [-0.1, -0.05) is 6.92 Å². The van der Waals surface area contributed by atoms with Gasteiger partial charge in [0.1, 0.15) is 4.21 Å². The number of carbonyl (C=O) groups is 1. The van der Waals surface area contributed by atoms with Gasteiger partial charge in [-0.2, -0.15) is 0 Å². The highest BCUT2D eigenvalue weighted by Crippen LogP contribution is 2.22. The molecule has 0 saturated carbocycles. The van der Waals surface area contributed by atoms with Crippen LogP contribution in [0.4, 0.5) is 0 Å². The van der Waals surface area contributed by atoms with Crippen LogP contribution in [0.1, 0.15) is 23.7 Å². The Labute approximate surface area is 81.3 Å². The molecule has 0 atom stereocenters. The molecular formula is C8H10O3S2. The molecule has 0 aliphatic carbocycles. The van der Waals surface area contributed by atoms with Crippen LogP contribution in [-0.4, -0.2) is 20.5 Å². The minimum Gasteiger partial charge on any atom is -0.298 e. The molecule has 0 spiro atoms. The topological polar surface area (TPSA) is 51.2 Å². The highest BCUT2D eigenvalue weighted by atomic mass is 32.2.